The standard InChI is InChI=1S/C16H22N2O2/c1-11-9-17-10-12-5-3-6-13(15(11)12)18-8-4-7-14(18)16(19)20-2/h3,5-6,11,14,17H,4,7-10H2,1-2H3. The van der Waals surface area contributed by atoms with Gasteiger partial charge in [0.05, 0.1) is 7.11 Å². The number of carbonyl (C=O) groups is 1. The van der Waals surface area contributed by atoms with Crippen LogP contribution >= 0.6 is 0 Å². The lowest BCUT2D eigenvalue weighted by Crippen LogP contribution is -2.38. The van der Waals surface area contributed by atoms with Gasteiger partial charge < -0.3 is 15.0 Å². The zero-order valence-corrected chi connectivity index (χ0v) is 12.2. The first-order valence-corrected chi connectivity index (χ1v) is 7.39. The summed E-state index contributed by atoms with van der Waals surface area (Å²) in [5.41, 5.74) is 3.99. The quantitative estimate of drug-likeness (QED) is 0.838. The van der Waals surface area contributed by atoms with E-state index in [0.29, 0.717) is 5.92 Å². The monoisotopic (exact) mass is 274 g/mol. The molecule has 0 radical (unpaired) electrons. The highest BCUT2D eigenvalue weighted by atomic mass is 16.5. The molecule has 0 aromatic heterocycles. The Morgan fingerprint density at radius 3 is 3.10 bits per heavy atom. The van der Waals surface area contributed by atoms with Crippen molar-refractivity contribution in [2.75, 3.05) is 25.1 Å². The fourth-order valence-corrected chi connectivity index (χ4v) is 3.53. The van der Waals surface area contributed by atoms with Crippen LogP contribution in [0.4, 0.5) is 5.69 Å². The normalized spacial score (nSPS) is 25.4. The van der Waals surface area contributed by atoms with Crippen LogP contribution in [-0.4, -0.2) is 32.2 Å². The van der Waals surface area contributed by atoms with Crippen molar-refractivity contribution in [3.63, 3.8) is 0 Å². The first-order chi connectivity index (χ1) is 9.72. The second-order valence-corrected chi connectivity index (χ2v) is 5.76. The SMILES string of the molecule is COC(=O)C1CCCN1c1cccc2c1C(C)CNC2. The van der Waals surface area contributed by atoms with Crippen LogP contribution in [0, 0.1) is 0 Å². The molecule has 3 rings (SSSR count). The Bertz CT molecular complexity index is 515. The number of nitrogens with zero attached hydrogens (tertiary/aromatic N) is 1. The van der Waals surface area contributed by atoms with Crippen LogP contribution in [0.15, 0.2) is 18.2 Å². The van der Waals surface area contributed by atoms with Crippen LogP contribution in [0.25, 0.3) is 0 Å². The first kappa shape index (κ1) is 13.4. The molecule has 1 aromatic rings. The lowest BCUT2D eigenvalue weighted by atomic mass is 9.90. The van der Waals surface area contributed by atoms with E-state index < -0.39 is 0 Å². The number of methoxy groups -OCH3 is 1. The maximum absolute atomic E-state index is 12.0. The van der Waals surface area contributed by atoms with Crippen molar-refractivity contribution in [3.8, 4) is 0 Å². The van der Waals surface area contributed by atoms with Crippen LogP contribution in [0.1, 0.15) is 36.8 Å². The number of hydrogen-bond acceptors (Lipinski definition) is 4. The van der Waals surface area contributed by atoms with E-state index in [-0.39, 0.29) is 12.0 Å². The van der Waals surface area contributed by atoms with Gasteiger partial charge >= 0.3 is 5.97 Å². The molecule has 2 aliphatic rings. The zero-order chi connectivity index (χ0) is 14.1. The van der Waals surface area contributed by atoms with E-state index >= 15 is 0 Å². The second-order valence-electron chi connectivity index (χ2n) is 5.76. The van der Waals surface area contributed by atoms with Crippen molar-refractivity contribution in [2.24, 2.45) is 0 Å². The third-order valence-electron chi connectivity index (χ3n) is 4.47. The van der Waals surface area contributed by atoms with Crippen molar-refractivity contribution >= 4 is 11.7 Å². The largest absolute Gasteiger partial charge is 0.467 e. The third kappa shape index (κ3) is 2.18. The fraction of sp³-hybridized carbons (Fsp3) is 0.562. The van der Waals surface area contributed by atoms with Gasteiger partial charge in [0, 0.05) is 25.3 Å². The molecule has 2 atom stereocenters. The molecule has 0 aliphatic carbocycles. The van der Waals surface area contributed by atoms with Crippen LogP contribution in [0.3, 0.4) is 0 Å². The van der Waals surface area contributed by atoms with Gasteiger partial charge in [-0.1, -0.05) is 19.1 Å². The average Bonchev–Trinajstić information content (AvgIpc) is 2.95. The van der Waals surface area contributed by atoms with Gasteiger partial charge in [0.25, 0.3) is 0 Å². The van der Waals surface area contributed by atoms with Crippen LogP contribution in [0.2, 0.25) is 0 Å². The minimum atomic E-state index is -0.117. The second kappa shape index (κ2) is 5.44. The Morgan fingerprint density at radius 1 is 1.45 bits per heavy atom. The Balaban J connectivity index is 2.00. The van der Waals surface area contributed by atoms with Crippen LogP contribution in [-0.2, 0) is 16.1 Å². The topological polar surface area (TPSA) is 41.6 Å². The zero-order valence-electron chi connectivity index (χ0n) is 12.2. The lowest BCUT2D eigenvalue weighted by molar-refractivity contribution is -0.141. The molecular formula is C16H22N2O2. The molecule has 4 heteroatoms. The van der Waals surface area contributed by atoms with Gasteiger partial charge in [0.2, 0.25) is 0 Å². The summed E-state index contributed by atoms with van der Waals surface area (Å²) in [7, 11) is 1.48. The molecule has 0 amide bonds. The number of hydrogen-bond donors (Lipinski definition) is 1. The van der Waals surface area contributed by atoms with E-state index in [1.54, 1.807) is 0 Å². The number of benzene rings is 1. The average molecular weight is 274 g/mol. The van der Waals surface area contributed by atoms with Crippen molar-refractivity contribution in [1.82, 2.24) is 5.32 Å². The van der Waals surface area contributed by atoms with Crippen molar-refractivity contribution in [1.29, 1.82) is 0 Å². The number of carbonyl (C=O) groups excluding carboxylic acids is 1. The molecule has 2 heterocycles. The smallest absolute Gasteiger partial charge is 0.328 e. The van der Waals surface area contributed by atoms with E-state index in [2.05, 4.69) is 35.3 Å². The summed E-state index contributed by atoms with van der Waals surface area (Å²) in [5, 5.41) is 3.44. The Kier molecular flexibility index (Phi) is 3.66. The predicted molar refractivity (Wildman–Crippen MR) is 78.9 cm³/mol. The molecule has 1 aromatic carbocycles. The van der Waals surface area contributed by atoms with Crippen LogP contribution < -0.4 is 10.2 Å². The lowest BCUT2D eigenvalue weighted by Gasteiger charge is -2.32. The van der Waals surface area contributed by atoms with Crippen molar-refractivity contribution in [3.05, 3.63) is 29.3 Å². The minimum Gasteiger partial charge on any atom is -0.467 e. The number of nitrogens with one attached hydrogen (secondary N) is 1. The highest BCUT2D eigenvalue weighted by Gasteiger charge is 2.34. The van der Waals surface area contributed by atoms with Gasteiger partial charge in [0.15, 0.2) is 0 Å². The Hall–Kier alpha value is -1.55. The fourth-order valence-electron chi connectivity index (χ4n) is 3.53. The molecule has 2 unspecified atom stereocenters. The minimum absolute atomic E-state index is 0.110. The van der Waals surface area contributed by atoms with Crippen molar-refractivity contribution < 1.29 is 9.53 Å². The van der Waals surface area contributed by atoms with Gasteiger partial charge in [-0.25, -0.2) is 4.79 Å². The van der Waals surface area contributed by atoms with E-state index in [0.717, 1.165) is 32.5 Å². The number of esters is 1. The summed E-state index contributed by atoms with van der Waals surface area (Å²) in [4.78, 5) is 14.2. The summed E-state index contributed by atoms with van der Waals surface area (Å²) < 4.78 is 4.96. The molecule has 108 valence electrons. The third-order valence-corrected chi connectivity index (χ3v) is 4.47. The van der Waals surface area contributed by atoms with Gasteiger partial charge in [-0.3, -0.25) is 0 Å². The molecule has 2 aliphatic heterocycles. The number of fused-ring (bicyclic) bond motifs is 1. The number of anilines is 1. The maximum atomic E-state index is 12.0. The Morgan fingerprint density at radius 2 is 2.30 bits per heavy atom. The molecule has 4 nitrogen and oxygen atoms in total. The van der Waals surface area contributed by atoms with E-state index in [9.17, 15) is 4.79 Å². The molecule has 0 spiro atoms. The van der Waals surface area contributed by atoms with Gasteiger partial charge in [-0.15, -0.1) is 0 Å². The predicted octanol–water partition coefficient (Wildman–Crippen LogP) is 2.04. The summed E-state index contributed by atoms with van der Waals surface area (Å²) in [6.45, 7) is 5.11. The molecule has 1 fully saturated rings. The summed E-state index contributed by atoms with van der Waals surface area (Å²) in [5.74, 6) is 0.371. The summed E-state index contributed by atoms with van der Waals surface area (Å²) in [6.07, 6.45) is 1.94. The van der Waals surface area contributed by atoms with Crippen LogP contribution in [0.5, 0.6) is 0 Å². The van der Waals surface area contributed by atoms with E-state index in [1.165, 1.54) is 23.9 Å². The highest BCUT2D eigenvalue weighted by Crippen LogP contribution is 2.36. The number of ether oxygens (including phenoxy) is 1. The molecule has 1 saturated heterocycles. The first-order valence-electron chi connectivity index (χ1n) is 7.39. The Labute approximate surface area is 120 Å². The van der Waals surface area contributed by atoms with E-state index in [4.69, 9.17) is 4.74 Å². The van der Waals surface area contributed by atoms with Crippen molar-refractivity contribution in [2.45, 2.75) is 38.3 Å². The van der Waals surface area contributed by atoms with E-state index in [1.807, 2.05) is 0 Å². The van der Waals surface area contributed by atoms with Gasteiger partial charge in [0.1, 0.15) is 6.04 Å². The summed E-state index contributed by atoms with van der Waals surface area (Å²) >= 11 is 0. The molecule has 0 bridgehead atoms. The molecule has 20 heavy (non-hydrogen) atoms. The maximum Gasteiger partial charge on any atom is 0.328 e. The molecular weight excluding hydrogens is 252 g/mol. The number of rotatable bonds is 2. The van der Waals surface area contributed by atoms with Gasteiger partial charge in [-0.05, 0) is 36.0 Å². The van der Waals surface area contributed by atoms with Gasteiger partial charge in [-0.2, -0.15) is 0 Å². The molecule has 0 saturated carbocycles. The highest BCUT2D eigenvalue weighted by molar-refractivity contribution is 5.81. The molecule has 1 N–H and O–H groups in total. The summed E-state index contributed by atoms with van der Waals surface area (Å²) in [6, 6.07) is 6.32.